The molecule has 0 aliphatic carbocycles. The molecule has 2 atom stereocenters. The summed E-state index contributed by atoms with van der Waals surface area (Å²) in [4.78, 5) is 74.7. The van der Waals surface area contributed by atoms with Gasteiger partial charge in [0.05, 0.1) is 18.2 Å². The van der Waals surface area contributed by atoms with Gasteiger partial charge >= 0.3 is 6.18 Å². The second-order valence-corrected chi connectivity index (χ2v) is 17.5. The van der Waals surface area contributed by atoms with Crippen LogP contribution in [0, 0.1) is 17.6 Å². The second-order valence-electron chi connectivity index (χ2n) is 17.5. The number of halogens is 5. The van der Waals surface area contributed by atoms with E-state index in [2.05, 4.69) is 15.2 Å². The Bertz CT molecular complexity index is 2420. The Morgan fingerprint density at radius 2 is 1.59 bits per heavy atom. The topological polar surface area (TPSA) is 129 Å². The lowest BCUT2D eigenvalue weighted by Crippen LogP contribution is -2.48. The molecule has 2 saturated heterocycles. The molecule has 2 unspecified atom stereocenters. The van der Waals surface area contributed by atoms with Crippen molar-refractivity contribution in [2.45, 2.75) is 82.3 Å². The Balaban J connectivity index is 0.878. The first-order valence-corrected chi connectivity index (χ1v) is 21.9. The number of likely N-dealkylation sites (tertiary alicyclic amines) is 1. The van der Waals surface area contributed by atoms with Crippen LogP contribution in [-0.4, -0.2) is 127 Å². The SMILES string of the molecule is CNC(=O)C(CCC=O)N(C)C(=O)c1cc2c(cc1C=O)CN(C1CCN(C(=O)C3CCN(c4cc(F)c(C5c6[nH]c7ccccc7c6CCN5CC(F)(F)F)c(F)c4)CC3)CC1)C2. The average Bonchev–Trinajstić information content (AvgIpc) is 3.89. The molecule has 8 rings (SSSR count). The molecule has 2 N–H and O–H groups in total. The summed E-state index contributed by atoms with van der Waals surface area (Å²) in [5.41, 5.74) is 3.91. The highest BCUT2D eigenvalue weighted by atomic mass is 19.4. The van der Waals surface area contributed by atoms with E-state index in [4.69, 9.17) is 0 Å². The van der Waals surface area contributed by atoms with Gasteiger partial charge in [-0.2, -0.15) is 13.2 Å². The number of hydrogen-bond acceptors (Lipinski definition) is 8. The molecule has 4 aromatic rings. The number of hydrogen-bond donors (Lipinski definition) is 2. The van der Waals surface area contributed by atoms with Crippen molar-refractivity contribution in [2.75, 3.05) is 58.3 Å². The number of aromatic nitrogens is 1. The zero-order valence-electron chi connectivity index (χ0n) is 35.9. The first-order valence-electron chi connectivity index (χ1n) is 21.9. The normalized spacial score (nSPS) is 19.3. The van der Waals surface area contributed by atoms with E-state index in [1.54, 1.807) is 24.3 Å². The van der Waals surface area contributed by atoms with Crippen LogP contribution in [0.25, 0.3) is 10.9 Å². The molecule has 0 spiro atoms. The summed E-state index contributed by atoms with van der Waals surface area (Å²) in [5, 5.41) is 3.35. The first kappa shape index (κ1) is 44.9. The number of aldehydes is 2. The number of nitrogens with zero attached hydrogens (tertiary/aromatic N) is 5. The van der Waals surface area contributed by atoms with Gasteiger partial charge in [0.15, 0.2) is 6.29 Å². The Morgan fingerprint density at radius 1 is 0.922 bits per heavy atom. The smallest absolute Gasteiger partial charge is 0.371 e. The van der Waals surface area contributed by atoms with Crippen molar-refractivity contribution in [3.05, 3.63) is 99.2 Å². The molecule has 5 heterocycles. The number of anilines is 1. The number of aromatic amines is 1. The number of para-hydroxylation sites is 1. The van der Waals surface area contributed by atoms with Gasteiger partial charge in [-0.3, -0.25) is 29.0 Å². The van der Waals surface area contributed by atoms with Gasteiger partial charge in [-0.15, -0.1) is 0 Å². The number of carbonyl (C=O) groups excluding carboxylic acids is 5. The van der Waals surface area contributed by atoms with Crippen LogP contribution in [0.15, 0.2) is 48.5 Å². The van der Waals surface area contributed by atoms with E-state index in [9.17, 15) is 37.1 Å². The van der Waals surface area contributed by atoms with Crippen LogP contribution in [0.3, 0.4) is 0 Å². The first-order chi connectivity index (χ1) is 30.7. The molecule has 12 nitrogen and oxygen atoms in total. The number of likely N-dealkylation sites (N-methyl/N-ethyl adjacent to an activating group) is 2. The van der Waals surface area contributed by atoms with Gasteiger partial charge in [-0.25, -0.2) is 8.78 Å². The number of fused-ring (bicyclic) bond motifs is 4. The maximum absolute atomic E-state index is 16.2. The molecule has 0 bridgehead atoms. The lowest BCUT2D eigenvalue weighted by atomic mass is 9.90. The molecule has 340 valence electrons. The molecule has 1 aromatic heterocycles. The second kappa shape index (κ2) is 18.4. The molecular weight excluding hydrogens is 838 g/mol. The fraction of sp³-hybridized carbons (Fsp3) is 0.468. The minimum Gasteiger partial charge on any atom is -0.371 e. The fourth-order valence-electron chi connectivity index (χ4n) is 10.4. The van der Waals surface area contributed by atoms with Crippen LogP contribution in [0.1, 0.15) is 93.2 Å². The number of amides is 3. The van der Waals surface area contributed by atoms with Crippen molar-refractivity contribution in [3.63, 3.8) is 0 Å². The quantitative estimate of drug-likeness (QED) is 0.128. The fourth-order valence-corrected chi connectivity index (χ4v) is 10.4. The zero-order chi connectivity index (χ0) is 45.4. The maximum atomic E-state index is 16.2. The van der Waals surface area contributed by atoms with Crippen molar-refractivity contribution in [1.82, 2.24) is 29.9 Å². The Labute approximate surface area is 367 Å². The van der Waals surface area contributed by atoms with Gasteiger partial charge in [0.2, 0.25) is 11.8 Å². The number of rotatable bonds is 12. The van der Waals surface area contributed by atoms with Gasteiger partial charge in [0, 0.05) is 112 Å². The predicted octanol–water partition coefficient (Wildman–Crippen LogP) is 6.16. The summed E-state index contributed by atoms with van der Waals surface area (Å²) >= 11 is 0. The van der Waals surface area contributed by atoms with E-state index >= 15 is 8.78 Å². The largest absolute Gasteiger partial charge is 0.401 e. The molecule has 4 aliphatic heterocycles. The van der Waals surface area contributed by atoms with Crippen molar-refractivity contribution >= 4 is 46.9 Å². The van der Waals surface area contributed by atoms with Crippen LogP contribution >= 0.6 is 0 Å². The van der Waals surface area contributed by atoms with E-state index in [1.807, 2.05) is 21.9 Å². The van der Waals surface area contributed by atoms with Crippen molar-refractivity contribution in [2.24, 2.45) is 5.92 Å². The molecule has 2 fully saturated rings. The standard InChI is InChI=1S/C47H52F5N7O5/c1-53-44(62)40(8-5-19-60)55(2)46(64)36-21-30-25-59(24-29(30)20-31(36)26-61)32-11-16-57(17-12-32)45(63)28-9-14-56(15-10-28)33-22-37(48)41(38(49)23-33)43-42-35(13-18-58(43)27-47(50,51)52)34-6-3-4-7-39(34)54-42/h3-4,6-7,19-23,26,28,32,40,43,54H,5,8-18,24-25,27H2,1-2H3,(H,53,62). The number of piperidine rings is 2. The molecule has 64 heavy (non-hydrogen) atoms. The third kappa shape index (κ3) is 8.88. The molecule has 4 aliphatic rings. The van der Waals surface area contributed by atoms with Crippen LogP contribution < -0.4 is 10.2 Å². The van der Waals surface area contributed by atoms with E-state index in [-0.39, 0.29) is 54.1 Å². The van der Waals surface area contributed by atoms with Crippen LogP contribution in [0.2, 0.25) is 0 Å². The summed E-state index contributed by atoms with van der Waals surface area (Å²) in [6.07, 6.45) is -0.303. The summed E-state index contributed by atoms with van der Waals surface area (Å²) < 4.78 is 73.7. The molecule has 17 heteroatoms. The number of alkyl halides is 3. The zero-order valence-corrected chi connectivity index (χ0v) is 35.9. The van der Waals surface area contributed by atoms with Crippen LogP contribution in [0.5, 0.6) is 0 Å². The summed E-state index contributed by atoms with van der Waals surface area (Å²) in [6.45, 7) is 1.65. The lowest BCUT2D eigenvalue weighted by Gasteiger charge is -2.40. The molecule has 0 radical (unpaired) electrons. The van der Waals surface area contributed by atoms with E-state index in [1.165, 1.54) is 31.1 Å². The highest BCUT2D eigenvalue weighted by Gasteiger charge is 2.42. The number of carbonyl (C=O) groups is 5. The predicted molar refractivity (Wildman–Crippen MR) is 229 cm³/mol. The number of benzene rings is 3. The van der Waals surface area contributed by atoms with Crippen LogP contribution in [-0.2, 0) is 33.9 Å². The molecular formula is C47H52F5N7O5. The highest BCUT2D eigenvalue weighted by molar-refractivity contribution is 6.03. The summed E-state index contributed by atoms with van der Waals surface area (Å²) in [6, 6.07) is 11.1. The van der Waals surface area contributed by atoms with Gasteiger partial charge in [0.25, 0.3) is 5.91 Å². The number of nitrogens with one attached hydrogen (secondary N) is 2. The minimum absolute atomic E-state index is 0.0212. The van der Waals surface area contributed by atoms with Crippen molar-refractivity contribution in [3.8, 4) is 0 Å². The van der Waals surface area contributed by atoms with E-state index in [0.717, 1.165) is 39.8 Å². The van der Waals surface area contributed by atoms with Crippen molar-refractivity contribution in [1.29, 1.82) is 0 Å². The Morgan fingerprint density at radius 3 is 2.23 bits per heavy atom. The molecule has 0 saturated carbocycles. The Hall–Kier alpha value is -5.68. The number of H-pyrrole nitrogens is 1. The Kier molecular flexibility index (Phi) is 12.9. The minimum atomic E-state index is -4.58. The van der Waals surface area contributed by atoms with Gasteiger partial charge < -0.3 is 29.8 Å². The van der Waals surface area contributed by atoms with E-state index < -0.39 is 53.8 Å². The van der Waals surface area contributed by atoms with Gasteiger partial charge in [-0.1, -0.05) is 18.2 Å². The highest BCUT2D eigenvalue weighted by Crippen LogP contribution is 2.43. The van der Waals surface area contributed by atoms with Gasteiger partial charge in [-0.05, 0) is 85.5 Å². The van der Waals surface area contributed by atoms with Crippen molar-refractivity contribution < 1.29 is 45.9 Å². The monoisotopic (exact) mass is 889 g/mol. The van der Waals surface area contributed by atoms with E-state index in [0.29, 0.717) is 82.3 Å². The lowest BCUT2D eigenvalue weighted by molar-refractivity contribution is -0.150. The molecule has 3 amide bonds. The van der Waals surface area contributed by atoms with Crippen LogP contribution in [0.4, 0.5) is 27.6 Å². The third-order valence-electron chi connectivity index (χ3n) is 13.7. The summed E-state index contributed by atoms with van der Waals surface area (Å²) in [5.74, 6) is -2.98. The third-order valence-corrected chi connectivity index (χ3v) is 13.7. The average molecular weight is 890 g/mol. The van der Waals surface area contributed by atoms with Gasteiger partial charge in [0.1, 0.15) is 24.0 Å². The maximum Gasteiger partial charge on any atom is 0.401 e. The molecule has 3 aromatic carbocycles. The summed E-state index contributed by atoms with van der Waals surface area (Å²) in [7, 11) is 2.94.